The summed E-state index contributed by atoms with van der Waals surface area (Å²) in [5.41, 5.74) is 0. The summed E-state index contributed by atoms with van der Waals surface area (Å²) in [6.45, 7) is 2.06. The smallest absolute Gasteiger partial charge is 0.250 e. The third-order valence-corrected chi connectivity index (χ3v) is 2.86. The topological polar surface area (TPSA) is 61.4 Å². The van der Waals surface area contributed by atoms with E-state index in [1.807, 2.05) is 0 Å². The molecule has 4 nitrogen and oxygen atoms in total. The fourth-order valence-corrected chi connectivity index (χ4v) is 1.62. The predicted molar refractivity (Wildman–Crippen MR) is 59.5 cm³/mol. The van der Waals surface area contributed by atoms with Gasteiger partial charge in [-0.05, 0) is 31.0 Å². The van der Waals surface area contributed by atoms with Gasteiger partial charge < -0.3 is 10.4 Å². The van der Waals surface area contributed by atoms with Gasteiger partial charge in [-0.25, -0.2) is 4.84 Å². The van der Waals surface area contributed by atoms with Crippen LogP contribution in [0.3, 0.4) is 0 Å². The first-order chi connectivity index (χ1) is 7.19. The maximum Gasteiger partial charge on any atom is 0.250 e. The summed E-state index contributed by atoms with van der Waals surface area (Å²) in [4.78, 5) is 14.0. The molecule has 3 N–H and O–H groups in total. The van der Waals surface area contributed by atoms with Gasteiger partial charge in [-0.15, -0.1) is 0 Å². The van der Waals surface area contributed by atoms with E-state index in [9.17, 15) is 9.90 Å². The van der Waals surface area contributed by atoms with Gasteiger partial charge in [0.1, 0.15) is 6.10 Å². The van der Waals surface area contributed by atoms with E-state index >= 15 is 0 Å². The lowest BCUT2D eigenvalue weighted by atomic mass is 10.0. The van der Waals surface area contributed by atoms with Gasteiger partial charge in [-0.3, -0.25) is 4.79 Å². The van der Waals surface area contributed by atoms with Crippen molar-refractivity contribution in [1.29, 1.82) is 0 Å². The summed E-state index contributed by atoms with van der Waals surface area (Å²) < 4.78 is 0. The van der Waals surface area contributed by atoms with Crippen LogP contribution in [0.2, 0.25) is 0 Å². The fraction of sp³-hybridized carbons (Fsp3) is 0.900. The summed E-state index contributed by atoms with van der Waals surface area (Å²) in [6, 6.07) is -0.0836. The predicted octanol–water partition coefficient (Wildman–Crippen LogP) is 0.928. The van der Waals surface area contributed by atoms with E-state index in [1.54, 1.807) is 0 Å². The van der Waals surface area contributed by atoms with Crippen LogP contribution in [0.1, 0.15) is 39.0 Å². The lowest BCUT2D eigenvalue weighted by Gasteiger charge is -2.20. The van der Waals surface area contributed by atoms with Gasteiger partial charge in [-0.1, -0.05) is 19.8 Å². The van der Waals surface area contributed by atoms with Crippen molar-refractivity contribution in [1.82, 2.24) is 10.2 Å². The highest BCUT2D eigenvalue weighted by Gasteiger charge is 2.30. The van der Waals surface area contributed by atoms with Crippen molar-refractivity contribution in [3.63, 3.8) is 0 Å². The summed E-state index contributed by atoms with van der Waals surface area (Å²) in [5.74, 6) is -0.313. The Hall–Kier alpha value is -0.320. The first-order valence-corrected chi connectivity index (χ1v) is 5.91. The van der Waals surface area contributed by atoms with Crippen LogP contribution in [0.25, 0.3) is 0 Å². The Morgan fingerprint density at radius 2 is 2.27 bits per heavy atom. The van der Waals surface area contributed by atoms with E-state index in [0.717, 1.165) is 25.7 Å². The largest absolute Gasteiger partial charge is 0.382 e. The molecule has 1 saturated carbocycles. The molecule has 0 bridgehead atoms. The maximum absolute atomic E-state index is 11.5. The van der Waals surface area contributed by atoms with Crippen LogP contribution < -0.4 is 10.2 Å². The monoisotopic (exact) mass is 234 g/mol. The Labute approximate surface area is 95.5 Å². The number of nitrogens with one attached hydrogen (secondary N) is 2. The Morgan fingerprint density at radius 1 is 1.60 bits per heavy atom. The molecule has 0 heterocycles. The third kappa shape index (κ3) is 4.36. The third-order valence-electron chi connectivity index (χ3n) is 2.58. The summed E-state index contributed by atoms with van der Waals surface area (Å²) in [6.07, 6.45) is 3.66. The van der Waals surface area contributed by atoms with Crippen LogP contribution in [0.15, 0.2) is 0 Å². The number of unbranched alkanes of at least 4 members (excludes halogenated alkanes) is 1. The molecule has 0 aromatic rings. The zero-order valence-corrected chi connectivity index (χ0v) is 9.76. The zero-order chi connectivity index (χ0) is 11.3. The minimum Gasteiger partial charge on any atom is -0.382 e. The number of amides is 1. The maximum atomic E-state index is 11.5. The van der Waals surface area contributed by atoms with Gasteiger partial charge in [-0.2, -0.15) is 0 Å². The molecule has 5 heteroatoms. The minimum absolute atomic E-state index is 0.273. The first-order valence-electron chi connectivity index (χ1n) is 5.53. The Bertz CT molecular complexity index is 210. The molecule has 0 aliphatic heterocycles. The second-order valence-corrected chi connectivity index (χ2v) is 4.30. The van der Waals surface area contributed by atoms with Crippen LogP contribution in [0.5, 0.6) is 0 Å². The standard InChI is InChI=1S/C10H19ClN2O2/c1-2-3-4-8(13-11)9(14)10(15)12-7-5-6-7/h7-9,13-14H,2-6H2,1H3,(H,12,15)/t8-,9?/m0/s1. The molecule has 0 radical (unpaired) electrons. The summed E-state index contributed by atoms with van der Waals surface area (Å²) >= 11 is 5.50. The van der Waals surface area contributed by atoms with Crippen LogP contribution in [-0.4, -0.2) is 29.2 Å². The van der Waals surface area contributed by atoms with Crippen molar-refractivity contribution < 1.29 is 9.90 Å². The quantitative estimate of drug-likeness (QED) is 0.575. The number of aliphatic hydroxyl groups is 1. The molecule has 1 aliphatic carbocycles. The number of rotatable bonds is 7. The molecule has 2 atom stereocenters. The van der Waals surface area contributed by atoms with Crippen molar-refractivity contribution >= 4 is 17.7 Å². The molecule has 0 aromatic heterocycles. The molecule has 88 valence electrons. The number of halogens is 1. The van der Waals surface area contributed by atoms with Gasteiger partial charge in [0.15, 0.2) is 0 Å². The molecule has 0 saturated heterocycles. The fourth-order valence-electron chi connectivity index (χ4n) is 1.39. The van der Waals surface area contributed by atoms with Gasteiger partial charge in [0.25, 0.3) is 5.91 Å². The number of hydrogen-bond acceptors (Lipinski definition) is 3. The molecule has 0 aromatic carbocycles. The van der Waals surface area contributed by atoms with Crippen molar-refractivity contribution in [2.24, 2.45) is 0 Å². The average molecular weight is 235 g/mol. The van der Waals surface area contributed by atoms with E-state index < -0.39 is 6.10 Å². The summed E-state index contributed by atoms with van der Waals surface area (Å²) in [5, 5.41) is 12.5. The number of aliphatic hydroxyl groups excluding tert-OH is 1. The highest BCUT2D eigenvalue weighted by Crippen LogP contribution is 2.19. The van der Waals surface area contributed by atoms with E-state index in [0.29, 0.717) is 6.42 Å². The second-order valence-electron chi connectivity index (χ2n) is 4.09. The van der Waals surface area contributed by atoms with E-state index in [4.69, 9.17) is 11.8 Å². The minimum atomic E-state index is -1.05. The second kappa shape index (κ2) is 6.30. The van der Waals surface area contributed by atoms with Crippen molar-refractivity contribution in [2.45, 2.75) is 57.2 Å². The van der Waals surface area contributed by atoms with E-state index in [-0.39, 0.29) is 18.0 Å². The Kier molecular flexibility index (Phi) is 5.36. The van der Waals surface area contributed by atoms with Crippen LogP contribution in [-0.2, 0) is 4.79 Å². The van der Waals surface area contributed by atoms with Gasteiger partial charge in [0, 0.05) is 6.04 Å². The highest BCUT2D eigenvalue weighted by molar-refractivity contribution is 6.13. The SMILES string of the molecule is CCCC[C@H](NCl)C(O)C(=O)NC1CC1. The lowest BCUT2D eigenvalue weighted by molar-refractivity contribution is -0.130. The van der Waals surface area contributed by atoms with Crippen molar-refractivity contribution in [3.8, 4) is 0 Å². The Balaban J connectivity index is 2.32. The zero-order valence-electron chi connectivity index (χ0n) is 9.00. The summed E-state index contributed by atoms with van der Waals surface area (Å²) in [7, 11) is 0. The van der Waals surface area contributed by atoms with Crippen LogP contribution >= 0.6 is 11.8 Å². The first kappa shape index (κ1) is 12.7. The molecule has 15 heavy (non-hydrogen) atoms. The van der Waals surface area contributed by atoms with E-state index in [2.05, 4.69) is 17.1 Å². The van der Waals surface area contributed by atoms with E-state index in [1.165, 1.54) is 0 Å². The normalized spacial score (nSPS) is 19.7. The Morgan fingerprint density at radius 3 is 2.73 bits per heavy atom. The molecule has 1 rings (SSSR count). The molecule has 1 unspecified atom stereocenters. The van der Waals surface area contributed by atoms with Gasteiger partial charge in [0.2, 0.25) is 0 Å². The molecular weight excluding hydrogens is 216 g/mol. The highest BCUT2D eigenvalue weighted by atomic mass is 35.5. The van der Waals surface area contributed by atoms with Crippen molar-refractivity contribution in [2.75, 3.05) is 0 Å². The molecule has 1 amide bonds. The number of carbonyl (C=O) groups is 1. The molecule has 1 fully saturated rings. The van der Waals surface area contributed by atoms with Gasteiger partial charge >= 0.3 is 0 Å². The molecule has 0 spiro atoms. The van der Waals surface area contributed by atoms with Crippen molar-refractivity contribution in [3.05, 3.63) is 0 Å². The van der Waals surface area contributed by atoms with Gasteiger partial charge in [0.05, 0.1) is 6.04 Å². The van der Waals surface area contributed by atoms with Crippen LogP contribution in [0.4, 0.5) is 0 Å². The lowest BCUT2D eigenvalue weighted by Crippen LogP contribution is -2.47. The number of carbonyl (C=O) groups excluding carboxylic acids is 1. The average Bonchev–Trinajstić information content (AvgIpc) is 3.02. The molecular formula is C10H19ClN2O2. The van der Waals surface area contributed by atoms with Crippen LogP contribution in [0, 0.1) is 0 Å². The number of hydrogen-bond donors (Lipinski definition) is 3. The molecule has 1 aliphatic rings.